The standard InChI is InChI=1S/C11H12ClN3/c12-10-3-1-8(2-4-10)9-5-11-14-13-7-15(11)6-9/h1-4,9,13H,5-7H2. The lowest BCUT2D eigenvalue weighted by Gasteiger charge is -2.12. The van der Waals surface area contributed by atoms with Gasteiger partial charge >= 0.3 is 0 Å². The predicted octanol–water partition coefficient (Wildman–Crippen LogP) is 2.00. The maximum atomic E-state index is 5.87. The quantitative estimate of drug-likeness (QED) is 0.786. The van der Waals surface area contributed by atoms with Crippen LogP contribution in [0.3, 0.4) is 0 Å². The summed E-state index contributed by atoms with van der Waals surface area (Å²) in [6.07, 6.45) is 1.04. The SMILES string of the molecule is Clc1ccc(C2CC3=NNCN3C2)cc1. The lowest BCUT2D eigenvalue weighted by molar-refractivity contribution is 0.434. The lowest BCUT2D eigenvalue weighted by atomic mass is 9.98. The molecule has 1 atom stereocenters. The normalized spacial score (nSPS) is 23.7. The zero-order chi connectivity index (χ0) is 10.3. The van der Waals surface area contributed by atoms with Crippen molar-refractivity contribution in [2.24, 2.45) is 5.10 Å². The molecule has 1 aromatic rings. The monoisotopic (exact) mass is 221 g/mol. The highest BCUT2D eigenvalue weighted by molar-refractivity contribution is 6.30. The van der Waals surface area contributed by atoms with Gasteiger partial charge in [-0.05, 0) is 17.7 Å². The van der Waals surface area contributed by atoms with Crippen molar-refractivity contribution < 1.29 is 0 Å². The van der Waals surface area contributed by atoms with Crippen molar-refractivity contribution in [2.45, 2.75) is 12.3 Å². The Hall–Kier alpha value is -1.22. The van der Waals surface area contributed by atoms with E-state index in [1.54, 1.807) is 0 Å². The smallest absolute Gasteiger partial charge is 0.126 e. The third kappa shape index (κ3) is 1.57. The summed E-state index contributed by atoms with van der Waals surface area (Å²) in [5, 5.41) is 5.06. The fourth-order valence-corrected chi connectivity index (χ4v) is 2.35. The van der Waals surface area contributed by atoms with Crippen molar-refractivity contribution in [3.8, 4) is 0 Å². The molecular formula is C11H12ClN3. The number of rotatable bonds is 1. The first-order chi connectivity index (χ1) is 7.33. The van der Waals surface area contributed by atoms with Gasteiger partial charge in [-0.25, -0.2) is 0 Å². The second kappa shape index (κ2) is 3.42. The molecule has 15 heavy (non-hydrogen) atoms. The van der Waals surface area contributed by atoms with E-state index in [4.69, 9.17) is 11.6 Å². The van der Waals surface area contributed by atoms with Gasteiger partial charge in [0.1, 0.15) is 12.5 Å². The van der Waals surface area contributed by atoms with Gasteiger partial charge in [0.15, 0.2) is 0 Å². The molecule has 3 nitrogen and oxygen atoms in total. The van der Waals surface area contributed by atoms with Gasteiger partial charge in [0.2, 0.25) is 0 Å². The molecule has 0 amide bonds. The molecule has 2 aliphatic heterocycles. The van der Waals surface area contributed by atoms with Gasteiger partial charge in [0, 0.05) is 23.9 Å². The zero-order valence-electron chi connectivity index (χ0n) is 8.28. The molecule has 3 rings (SSSR count). The average Bonchev–Trinajstić information content (AvgIpc) is 2.78. The number of fused-ring (bicyclic) bond motifs is 1. The first-order valence-corrected chi connectivity index (χ1v) is 5.50. The van der Waals surface area contributed by atoms with Crippen LogP contribution in [-0.4, -0.2) is 23.9 Å². The van der Waals surface area contributed by atoms with E-state index in [-0.39, 0.29) is 0 Å². The summed E-state index contributed by atoms with van der Waals surface area (Å²) in [7, 11) is 0. The van der Waals surface area contributed by atoms with Crippen LogP contribution in [0.1, 0.15) is 17.9 Å². The van der Waals surface area contributed by atoms with Crippen LogP contribution in [0.4, 0.5) is 0 Å². The summed E-state index contributed by atoms with van der Waals surface area (Å²) in [6, 6.07) is 8.15. The maximum absolute atomic E-state index is 5.87. The molecular weight excluding hydrogens is 210 g/mol. The molecule has 0 aromatic heterocycles. The molecule has 0 spiro atoms. The molecule has 1 fully saturated rings. The largest absolute Gasteiger partial charge is 0.339 e. The van der Waals surface area contributed by atoms with Crippen LogP contribution in [0.5, 0.6) is 0 Å². The van der Waals surface area contributed by atoms with Gasteiger partial charge in [-0.2, -0.15) is 5.10 Å². The minimum Gasteiger partial charge on any atom is -0.339 e. The molecule has 2 heterocycles. The number of halogens is 1. The van der Waals surface area contributed by atoms with Gasteiger partial charge in [-0.3, -0.25) is 5.43 Å². The van der Waals surface area contributed by atoms with Gasteiger partial charge in [-0.15, -0.1) is 0 Å². The predicted molar refractivity (Wildman–Crippen MR) is 61.0 cm³/mol. The zero-order valence-corrected chi connectivity index (χ0v) is 9.04. The van der Waals surface area contributed by atoms with Crippen LogP contribution in [-0.2, 0) is 0 Å². The molecule has 0 radical (unpaired) electrons. The first-order valence-electron chi connectivity index (χ1n) is 5.13. The summed E-state index contributed by atoms with van der Waals surface area (Å²) in [5.74, 6) is 1.76. The Labute approximate surface area is 93.7 Å². The number of nitrogens with zero attached hydrogens (tertiary/aromatic N) is 2. The van der Waals surface area contributed by atoms with Gasteiger partial charge in [0.05, 0.1) is 0 Å². The van der Waals surface area contributed by atoms with E-state index in [1.807, 2.05) is 12.1 Å². The highest BCUT2D eigenvalue weighted by Crippen LogP contribution is 2.30. The van der Waals surface area contributed by atoms with Crippen LogP contribution < -0.4 is 5.43 Å². The second-order valence-corrected chi connectivity index (χ2v) is 4.46. The highest BCUT2D eigenvalue weighted by atomic mass is 35.5. The fourth-order valence-electron chi connectivity index (χ4n) is 2.23. The number of hydrogen-bond acceptors (Lipinski definition) is 3. The fraction of sp³-hybridized carbons (Fsp3) is 0.364. The molecule has 2 aliphatic rings. The Bertz CT molecular complexity index is 399. The van der Waals surface area contributed by atoms with Gasteiger partial charge in [0.25, 0.3) is 0 Å². The van der Waals surface area contributed by atoms with Crippen molar-refractivity contribution in [1.29, 1.82) is 0 Å². The van der Waals surface area contributed by atoms with Gasteiger partial charge in [-0.1, -0.05) is 23.7 Å². The summed E-state index contributed by atoms with van der Waals surface area (Å²) >= 11 is 5.87. The Morgan fingerprint density at radius 1 is 1.33 bits per heavy atom. The van der Waals surface area contributed by atoms with Gasteiger partial charge < -0.3 is 4.90 Å². The first kappa shape index (κ1) is 9.04. The third-order valence-electron chi connectivity index (χ3n) is 3.05. The van der Waals surface area contributed by atoms with E-state index < -0.39 is 0 Å². The van der Waals surface area contributed by atoms with Crippen molar-refractivity contribution >= 4 is 17.4 Å². The molecule has 1 saturated heterocycles. The topological polar surface area (TPSA) is 27.6 Å². The molecule has 1 unspecified atom stereocenters. The van der Waals surface area contributed by atoms with Crippen molar-refractivity contribution in [1.82, 2.24) is 10.3 Å². The van der Waals surface area contributed by atoms with Crippen molar-refractivity contribution in [2.75, 3.05) is 13.2 Å². The molecule has 1 aromatic carbocycles. The van der Waals surface area contributed by atoms with Crippen LogP contribution in [0.25, 0.3) is 0 Å². The van der Waals surface area contributed by atoms with E-state index in [1.165, 1.54) is 11.4 Å². The molecule has 1 N–H and O–H groups in total. The number of amidine groups is 1. The minimum atomic E-state index is 0.572. The summed E-state index contributed by atoms with van der Waals surface area (Å²) in [5.41, 5.74) is 4.36. The summed E-state index contributed by atoms with van der Waals surface area (Å²) in [4.78, 5) is 2.29. The van der Waals surface area contributed by atoms with Crippen LogP contribution in [0.2, 0.25) is 5.02 Å². The highest BCUT2D eigenvalue weighted by Gasteiger charge is 2.31. The summed E-state index contributed by atoms with van der Waals surface area (Å²) < 4.78 is 0. The Balaban J connectivity index is 1.82. The maximum Gasteiger partial charge on any atom is 0.126 e. The van der Waals surface area contributed by atoms with E-state index >= 15 is 0 Å². The van der Waals surface area contributed by atoms with E-state index in [9.17, 15) is 0 Å². The van der Waals surface area contributed by atoms with E-state index in [0.29, 0.717) is 5.92 Å². The average molecular weight is 222 g/mol. The number of hydrazone groups is 1. The van der Waals surface area contributed by atoms with E-state index in [0.717, 1.165) is 24.7 Å². The third-order valence-corrected chi connectivity index (χ3v) is 3.30. The minimum absolute atomic E-state index is 0.572. The molecule has 4 heteroatoms. The number of benzene rings is 1. The molecule has 0 bridgehead atoms. The van der Waals surface area contributed by atoms with Crippen molar-refractivity contribution in [3.05, 3.63) is 34.9 Å². The Morgan fingerprint density at radius 3 is 2.87 bits per heavy atom. The Morgan fingerprint density at radius 2 is 2.13 bits per heavy atom. The van der Waals surface area contributed by atoms with E-state index in [2.05, 4.69) is 27.6 Å². The number of hydrogen-bond donors (Lipinski definition) is 1. The number of nitrogens with one attached hydrogen (secondary N) is 1. The summed E-state index contributed by atoms with van der Waals surface area (Å²) in [6.45, 7) is 1.92. The van der Waals surface area contributed by atoms with Crippen molar-refractivity contribution in [3.63, 3.8) is 0 Å². The molecule has 78 valence electrons. The van der Waals surface area contributed by atoms with Crippen LogP contribution in [0.15, 0.2) is 29.4 Å². The molecule has 0 aliphatic carbocycles. The second-order valence-electron chi connectivity index (χ2n) is 4.02. The molecule has 0 saturated carbocycles. The lowest BCUT2D eigenvalue weighted by Crippen LogP contribution is -2.24. The van der Waals surface area contributed by atoms with Crippen LogP contribution in [0, 0.1) is 0 Å². The Kier molecular flexibility index (Phi) is 2.06. The van der Waals surface area contributed by atoms with Crippen LogP contribution >= 0.6 is 11.6 Å².